The lowest BCUT2D eigenvalue weighted by molar-refractivity contribution is 0.660. The first-order valence-corrected chi connectivity index (χ1v) is 25.0. The summed E-state index contributed by atoms with van der Waals surface area (Å²) in [4.78, 5) is 2.46. The Bertz CT molecular complexity index is 4190. The van der Waals surface area contributed by atoms with E-state index < -0.39 is 5.41 Å². The highest BCUT2D eigenvalue weighted by Gasteiger charge is 2.45. The molecule has 2 heteroatoms. The number of fused-ring (bicyclic) bond motifs is 10. The maximum Gasteiger partial charge on any atom is 0.0623 e. The maximum atomic E-state index is 2.56. The minimum absolute atomic E-state index is 0.0826. The summed E-state index contributed by atoms with van der Waals surface area (Å²) in [5, 5.41) is 5.01. The van der Waals surface area contributed by atoms with Crippen LogP contribution in [0.2, 0.25) is 0 Å². The quantitative estimate of drug-likeness (QED) is 0.161. The normalized spacial score (nSPS) is 15.4. The lowest BCUT2D eigenvalue weighted by Crippen LogP contribution is -2.22. The second-order valence-electron chi connectivity index (χ2n) is 20.6. The first-order chi connectivity index (χ1) is 34.9. The van der Waals surface area contributed by atoms with Crippen molar-refractivity contribution in [3.63, 3.8) is 0 Å². The van der Waals surface area contributed by atoms with Crippen LogP contribution in [0.15, 0.2) is 237 Å². The molecule has 2 aliphatic carbocycles. The second-order valence-corrected chi connectivity index (χ2v) is 20.6. The van der Waals surface area contributed by atoms with Crippen LogP contribution in [0.1, 0.15) is 48.6 Å². The molecule has 2 heterocycles. The van der Waals surface area contributed by atoms with Crippen molar-refractivity contribution in [3.05, 3.63) is 264 Å². The third kappa shape index (κ3) is 5.53. The van der Waals surface area contributed by atoms with E-state index in [4.69, 9.17) is 0 Å². The van der Waals surface area contributed by atoms with Crippen molar-refractivity contribution in [1.29, 1.82) is 0 Å². The topological polar surface area (TPSA) is 8.17 Å². The van der Waals surface area contributed by atoms with Crippen LogP contribution in [-0.4, -0.2) is 4.57 Å². The standard InChI is InChI=1S/C69H48N2/c1-68(2)59-26-13-10-22-52(59)57-42-50(35-37-60(57)68)70(48-32-29-44(30-33-48)43-17-6-4-7-18-43)49-34-31-45-19-16-25-51(56(45)41-49)46-39-58-54-24-12-15-28-64(54)71-63-27-14-11-23-53(63)55-36-38-61-66(67(55)71)65(58)62(40-46)69(61,3)47-20-8-5-9-21-47/h4-42H,1-3H3. The zero-order valence-electron chi connectivity index (χ0n) is 39.9. The first kappa shape index (κ1) is 40.2. The van der Waals surface area contributed by atoms with Gasteiger partial charge in [-0.1, -0.05) is 190 Å². The van der Waals surface area contributed by atoms with Gasteiger partial charge in [0.15, 0.2) is 0 Å². The Morgan fingerprint density at radius 1 is 0.352 bits per heavy atom. The Hall–Kier alpha value is -8.72. The van der Waals surface area contributed by atoms with Crippen molar-refractivity contribution < 1.29 is 0 Å². The molecular formula is C69H48N2. The Kier molecular flexibility index (Phi) is 8.29. The van der Waals surface area contributed by atoms with Crippen LogP contribution in [0.4, 0.5) is 17.1 Å². The van der Waals surface area contributed by atoms with Crippen LogP contribution in [0.5, 0.6) is 0 Å². The van der Waals surface area contributed by atoms with Gasteiger partial charge < -0.3 is 9.47 Å². The maximum absolute atomic E-state index is 2.56. The van der Waals surface area contributed by atoms with Crippen molar-refractivity contribution in [2.45, 2.75) is 31.6 Å². The minimum atomic E-state index is -0.405. The molecule has 0 radical (unpaired) electrons. The fraction of sp³-hybridized carbons (Fsp3) is 0.0725. The molecule has 15 rings (SSSR count). The van der Waals surface area contributed by atoms with Crippen LogP contribution >= 0.6 is 0 Å². The lowest BCUT2D eigenvalue weighted by atomic mass is 9.73. The van der Waals surface area contributed by atoms with E-state index in [1.807, 2.05) is 0 Å². The summed E-state index contributed by atoms with van der Waals surface area (Å²) < 4.78 is 2.56. The van der Waals surface area contributed by atoms with Crippen LogP contribution in [0.25, 0.3) is 93.9 Å². The molecule has 3 aliphatic rings. The van der Waals surface area contributed by atoms with E-state index in [9.17, 15) is 0 Å². The zero-order chi connectivity index (χ0) is 47.2. The molecule has 0 saturated heterocycles. The fourth-order valence-corrected chi connectivity index (χ4v) is 13.2. The number of rotatable bonds is 6. The fourth-order valence-electron chi connectivity index (χ4n) is 13.2. The van der Waals surface area contributed by atoms with Crippen molar-refractivity contribution in [3.8, 4) is 61.3 Å². The van der Waals surface area contributed by atoms with Crippen LogP contribution in [0, 0.1) is 0 Å². The molecule has 0 amide bonds. The van der Waals surface area contributed by atoms with Gasteiger partial charge in [-0.2, -0.15) is 0 Å². The van der Waals surface area contributed by atoms with Crippen molar-refractivity contribution in [2.75, 3.05) is 4.90 Å². The lowest BCUT2D eigenvalue weighted by Gasteiger charge is -2.30. The number of benzene rings is 11. The van der Waals surface area contributed by atoms with E-state index in [0.717, 1.165) is 17.1 Å². The van der Waals surface area contributed by atoms with Crippen molar-refractivity contribution in [2.24, 2.45) is 0 Å². The van der Waals surface area contributed by atoms with E-state index >= 15 is 0 Å². The zero-order valence-corrected chi connectivity index (χ0v) is 39.9. The Labute approximate surface area is 414 Å². The van der Waals surface area contributed by atoms with Crippen LogP contribution in [-0.2, 0) is 10.8 Å². The monoisotopic (exact) mass is 904 g/mol. The average Bonchev–Trinajstić information content (AvgIpc) is 3.96. The van der Waals surface area contributed by atoms with E-state index in [1.54, 1.807) is 0 Å². The Morgan fingerprint density at radius 3 is 1.85 bits per heavy atom. The van der Waals surface area contributed by atoms with E-state index in [1.165, 1.54) is 122 Å². The van der Waals surface area contributed by atoms with Gasteiger partial charge in [-0.15, -0.1) is 0 Å². The SMILES string of the molecule is CC1(C)c2ccccc2-c2cc(N(c3ccc(-c4ccccc4)cc3)c3ccc4cccc(-c5cc6c7c(c5)C(C)(c5ccccc5)c5ccc8c9ccccc9n(c8c5-7)-c5ccccc5-6)c4c3)ccc21. The molecule has 0 saturated carbocycles. The molecule has 1 aliphatic heterocycles. The van der Waals surface area contributed by atoms with Gasteiger partial charge >= 0.3 is 0 Å². The number of nitrogens with zero attached hydrogens (tertiary/aromatic N) is 2. The first-order valence-electron chi connectivity index (χ1n) is 25.0. The third-order valence-electron chi connectivity index (χ3n) is 16.6. The number of aromatic nitrogens is 1. The highest BCUT2D eigenvalue weighted by atomic mass is 15.1. The third-order valence-corrected chi connectivity index (χ3v) is 16.6. The van der Waals surface area contributed by atoms with E-state index in [-0.39, 0.29) is 5.41 Å². The van der Waals surface area contributed by atoms with Crippen LogP contribution in [0.3, 0.4) is 0 Å². The second kappa shape index (κ2) is 14.7. The molecule has 334 valence electrons. The highest BCUT2D eigenvalue weighted by Crippen LogP contribution is 2.61. The van der Waals surface area contributed by atoms with Gasteiger partial charge in [0.1, 0.15) is 0 Å². The number of para-hydroxylation sites is 2. The largest absolute Gasteiger partial charge is 0.310 e. The molecule has 11 aromatic carbocycles. The molecule has 1 atom stereocenters. The Balaban J connectivity index is 0.971. The molecule has 1 unspecified atom stereocenters. The van der Waals surface area contributed by atoms with Gasteiger partial charge in [0.2, 0.25) is 0 Å². The summed E-state index contributed by atoms with van der Waals surface area (Å²) >= 11 is 0. The summed E-state index contributed by atoms with van der Waals surface area (Å²) in [7, 11) is 0. The van der Waals surface area contributed by atoms with Gasteiger partial charge in [0.25, 0.3) is 0 Å². The van der Waals surface area contributed by atoms with Gasteiger partial charge in [-0.05, 0) is 151 Å². The molecule has 0 bridgehead atoms. The molecule has 71 heavy (non-hydrogen) atoms. The molecule has 0 N–H and O–H groups in total. The summed E-state index contributed by atoms with van der Waals surface area (Å²) in [6.45, 7) is 7.18. The number of hydrogen-bond donors (Lipinski definition) is 0. The summed E-state index contributed by atoms with van der Waals surface area (Å²) in [6.07, 6.45) is 0. The van der Waals surface area contributed by atoms with Gasteiger partial charge in [0.05, 0.1) is 16.7 Å². The molecule has 0 fully saturated rings. The molecule has 12 aromatic rings. The molecular weight excluding hydrogens is 857 g/mol. The average molecular weight is 905 g/mol. The Morgan fingerprint density at radius 2 is 1.00 bits per heavy atom. The van der Waals surface area contributed by atoms with Gasteiger partial charge in [-0.25, -0.2) is 0 Å². The number of anilines is 3. The van der Waals surface area contributed by atoms with Crippen LogP contribution < -0.4 is 4.90 Å². The summed E-state index contributed by atoms with van der Waals surface area (Å²) in [5.41, 5.74) is 26.1. The number of hydrogen-bond acceptors (Lipinski definition) is 1. The molecule has 1 aromatic heterocycles. The van der Waals surface area contributed by atoms with Crippen molar-refractivity contribution >= 4 is 49.6 Å². The summed E-state index contributed by atoms with van der Waals surface area (Å²) in [5.74, 6) is 0. The minimum Gasteiger partial charge on any atom is -0.310 e. The predicted molar refractivity (Wildman–Crippen MR) is 298 cm³/mol. The van der Waals surface area contributed by atoms with Gasteiger partial charge in [0, 0.05) is 49.8 Å². The smallest absolute Gasteiger partial charge is 0.0623 e. The molecule has 0 spiro atoms. The predicted octanol–water partition coefficient (Wildman–Crippen LogP) is 18.4. The summed E-state index contributed by atoms with van der Waals surface area (Å²) in [6, 6.07) is 88.9. The van der Waals surface area contributed by atoms with E-state index in [0.29, 0.717) is 0 Å². The van der Waals surface area contributed by atoms with Crippen molar-refractivity contribution in [1.82, 2.24) is 4.57 Å². The van der Waals surface area contributed by atoms with Gasteiger partial charge in [-0.3, -0.25) is 0 Å². The molecule has 2 nitrogen and oxygen atoms in total. The van der Waals surface area contributed by atoms with E-state index in [2.05, 4.69) is 267 Å². The highest BCUT2D eigenvalue weighted by molar-refractivity contribution is 6.19.